The van der Waals surface area contributed by atoms with E-state index in [1.807, 2.05) is 55.6 Å². The molecular weight excluding hydrogens is 312 g/mol. The van der Waals surface area contributed by atoms with Crippen LogP contribution in [-0.4, -0.2) is 17.3 Å². The van der Waals surface area contributed by atoms with Crippen molar-refractivity contribution < 1.29 is 4.79 Å². The van der Waals surface area contributed by atoms with E-state index >= 15 is 0 Å². The van der Waals surface area contributed by atoms with E-state index in [0.29, 0.717) is 9.23 Å². The van der Waals surface area contributed by atoms with Crippen LogP contribution in [0, 0.1) is 0 Å². The minimum atomic E-state index is -0.125. The Labute approximate surface area is 139 Å². The zero-order chi connectivity index (χ0) is 15.5. The Balaban J connectivity index is 1.80. The summed E-state index contributed by atoms with van der Waals surface area (Å²) in [5, 5.41) is 2.62. The summed E-state index contributed by atoms with van der Waals surface area (Å²) in [7, 11) is 2.03. The van der Waals surface area contributed by atoms with Crippen LogP contribution in [0.15, 0.2) is 59.5 Å². The minimum Gasteiger partial charge on any atom is -0.345 e. The number of hydrogen-bond acceptors (Lipinski definition) is 4. The van der Waals surface area contributed by atoms with Crippen LogP contribution < -0.4 is 10.2 Å². The van der Waals surface area contributed by atoms with Crippen LogP contribution in [0.3, 0.4) is 0 Å². The maximum absolute atomic E-state index is 11.7. The molecule has 1 saturated heterocycles. The highest BCUT2D eigenvalue weighted by Crippen LogP contribution is 2.27. The number of hydrogen-bond donors (Lipinski definition) is 1. The smallest absolute Gasteiger partial charge is 0.263 e. The normalized spacial score (nSPS) is 16.0. The lowest BCUT2D eigenvalue weighted by Crippen LogP contribution is -2.17. The van der Waals surface area contributed by atoms with E-state index in [9.17, 15) is 4.79 Å². The van der Waals surface area contributed by atoms with Gasteiger partial charge in [-0.05, 0) is 35.9 Å². The molecule has 2 aromatic carbocycles. The molecule has 1 N–H and O–H groups in total. The molecule has 0 atom stereocenters. The Morgan fingerprint density at radius 1 is 1.05 bits per heavy atom. The predicted molar refractivity (Wildman–Crippen MR) is 97.3 cm³/mol. The number of thioether (sulfide) groups is 1. The highest BCUT2D eigenvalue weighted by Gasteiger charge is 2.21. The molecule has 1 fully saturated rings. The molecule has 1 aliphatic rings. The van der Waals surface area contributed by atoms with Crippen molar-refractivity contribution in [3.63, 3.8) is 0 Å². The van der Waals surface area contributed by atoms with Gasteiger partial charge in [-0.3, -0.25) is 4.79 Å². The second kappa shape index (κ2) is 6.34. The third-order valence-corrected chi connectivity index (χ3v) is 4.53. The Morgan fingerprint density at radius 2 is 1.68 bits per heavy atom. The van der Waals surface area contributed by atoms with Crippen molar-refractivity contribution in [1.29, 1.82) is 0 Å². The lowest BCUT2D eigenvalue weighted by molar-refractivity contribution is -0.115. The average molecular weight is 326 g/mol. The number of anilines is 2. The summed E-state index contributed by atoms with van der Waals surface area (Å²) in [4.78, 5) is 14.4. The van der Waals surface area contributed by atoms with Crippen molar-refractivity contribution in [3.05, 3.63) is 65.1 Å². The van der Waals surface area contributed by atoms with Crippen molar-refractivity contribution in [2.75, 3.05) is 11.9 Å². The largest absolute Gasteiger partial charge is 0.345 e. The molecular formula is C17H14N2OS2. The number of para-hydroxylation sites is 1. The molecule has 1 amide bonds. The highest BCUT2D eigenvalue weighted by atomic mass is 32.2. The molecule has 3 nitrogen and oxygen atoms in total. The lowest BCUT2D eigenvalue weighted by Gasteiger charge is -2.19. The number of thiocarbonyl (C=S) groups is 1. The third-order valence-electron chi connectivity index (χ3n) is 3.36. The molecule has 0 saturated carbocycles. The molecule has 0 aromatic heterocycles. The quantitative estimate of drug-likeness (QED) is 0.684. The van der Waals surface area contributed by atoms with Gasteiger partial charge in [0, 0.05) is 18.4 Å². The van der Waals surface area contributed by atoms with Gasteiger partial charge in [-0.15, -0.1) is 0 Å². The van der Waals surface area contributed by atoms with Crippen LogP contribution in [0.25, 0.3) is 6.08 Å². The number of nitrogens with zero attached hydrogens (tertiary/aromatic N) is 1. The van der Waals surface area contributed by atoms with Gasteiger partial charge in [0.1, 0.15) is 4.32 Å². The van der Waals surface area contributed by atoms with Gasteiger partial charge >= 0.3 is 0 Å². The summed E-state index contributed by atoms with van der Waals surface area (Å²) in [6, 6.07) is 18.2. The molecule has 3 rings (SSSR count). The van der Waals surface area contributed by atoms with E-state index in [1.165, 1.54) is 11.8 Å². The SMILES string of the molecule is CN(c1ccccc1)c1ccc(C=C2SC(=S)NC2=O)cc1. The molecule has 1 aliphatic heterocycles. The van der Waals surface area contributed by atoms with E-state index in [0.717, 1.165) is 16.9 Å². The van der Waals surface area contributed by atoms with Crippen LogP contribution >= 0.6 is 24.0 Å². The fraction of sp³-hybridized carbons (Fsp3) is 0.0588. The Bertz CT molecular complexity index is 739. The number of carbonyl (C=O) groups is 1. The first-order chi connectivity index (χ1) is 10.6. The second-order valence-electron chi connectivity index (χ2n) is 4.84. The van der Waals surface area contributed by atoms with Crippen LogP contribution in [0.1, 0.15) is 5.56 Å². The molecule has 0 unspecified atom stereocenters. The van der Waals surface area contributed by atoms with Crippen molar-refractivity contribution in [3.8, 4) is 0 Å². The lowest BCUT2D eigenvalue weighted by atomic mass is 10.1. The molecule has 0 radical (unpaired) electrons. The third kappa shape index (κ3) is 3.21. The Kier molecular flexibility index (Phi) is 4.27. The topological polar surface area (TPSA) is 32.3 Å². The van der Waals surface area contributed by atoms with Crippen LogP contribution in [0.5, 0.6) is 0 Å². The van der Waals surface area contributed by atoms with Crippen molar-refractivity contribution >= 4 is 51.7 Å². The van der Waals surface area contributed by atoms with Gasteiger partial charge in [0.05, 0.1) is 4.91 Å². The van der Waals surface area contributed by atoms with Crippen LogP contribution in [-0.2, 0) is 4.79 Å². The van der Waals surface area contributed by atoms with Gasteiger partial charge in [-0.25, -0.2) is 0 Å². The fourth-order valence-corrected chi connectivity index (χ4v) is 3.21. The molecule has 110 valence electrons. The van der Waals surface area contributed by atoms with Crippen molar-refractivity contribution in [2.45, 2.75) is 0 Å². The molecule has 22 heavy (non-hydrogen) atoms. The van der Waals surface area contributed by atoms with Gasteiger partial charge in [-0.1, -0.05) is 54.3 Å². The van der Waals surface area contributed by atoms with E-state index in [2.05, 4.69) is 22.3 Å². The summed E-state index contributed by atoms with van der Waals surface area (Å²) < 4.78 is 0.511. The predicted octanol–water partition coefficient (Wildman–Crippen LogP) is 3.94. The maximum Gasteiger partial charge on any atom is 0.263 e. The second-order valence-corrected chi connectivity index (χ2v) is 6.56. The first kappa shape index (κ1) is 14.8. The Hall–Kier alpha value is -2.11. The zero-order valence-corrected chi connectivity index (χ0v) is 13.6. The van der Waals surface area contributed by atoms with Gasteiger partial charge in [0.15, 0.2) is 0 Å². The van der Waals surface area contributed by atoms with E-state index in [-0.39, 0.29) is 5.91 Å². The van der Waals surface area contributed by atoms with Crippen molar-refractivity contribution in [2.24, 2.45) is 0 Å². The summed E-state index contributed by atoms with van der Waals surface area (Å²) in [6.07, 6.45) is 1.85. The first-order valence-corrected chi connectivity index (χ1v) is 8.00. The maximum atomic E-state index is 11.7. The van der Waals surface area contributed by atoms with Crippen molar-refractivity contribution in [1.82, 2.24) is 5.32 Å². The molecule has 1 heterocycles. The average Bonchev–Trinajstić information content (AvgIpc) is 2.86. The van der Waals surface area contributed by atoms with Gasteiger partial charge in [0.25, 0.3) is 5.91 Å². The number of carbonyl (C=O) groups excluding carboxylic acids is 1. The molecule has 5 heteroatoms. The van der Waals surface area contributed by atoms with E-state index in [1.54, 1.807) is 0 Å². The highest BCUT2D eigenvalue weighted by molar-refractivity contribution is 8.26. The van der Waals surface area contributed by atoms with E-state index in [4.69, 9.17) is 12.2 Å². The summed E-state index contributed by atoms with van der Waals surface area (Å²) in [6.45, 7) is 0. The van der Waals surface area contributed by atoms with Gasteiger partial charge in [0.2, 0.25) is 0 Å². The zero-order valence-electron chi connectivity index (χ0n) is 11.9. The van der Waals surface area contributed by atoms with Crippen LogP contribution in [0.2, 0.25) is 0 Å². The first-order valence-electron chi connectivity index (χ1n) is 6.77. The minimum absolute atomic E-state index is 0.125. The monoisotopic (exact) mass is 326 g/mol. The fourth-order valence-electron chi connectivity index (χ4n) is 2.17. The number of rotatable bonds is 3. The van der Waals surface area contributed by atoms with Crippen LogP contribution in [0.4, 0.5) is 11.4 Å². The molecule has 0 bridgehead atoms. The standard InChI is InChI=1S/C17H14N2OS2/c1-19(13-5-3-2-4-6-13)14-9-7-12(8-10-14)11-15-16(20)18-17(21)22-15/h2-11H,1H3,(H,18,20,21). The summed E-state index contributed by atoms with van der Waals surface area (Å²) in [5.41, 5.74) is 3.20. The number of nitrogens with one attached hydrogen (secondary N) is 1. The van der Waals surface area contributed by atoms with E-state index < -0.39 is 0 Å². The summed E-state index contributed by atoms with van der Waals surface area (Å²) in [5.74, 6) is -0.125. The van der Waals surface area contributed by atoms with Gasteiger partial charge < -0.3 is 10.2 Å². The number of benzene rings is 2. The summed E-state index contributed by atoms with van der Waals surface area (Å²) >= 11 is 6.28. The Morgan fingerprint density at radius 3 is 2.27 bits per heavy atom. The molecule has 0 spiro atoms. The number of amides is 1. The van der Waals surface area contributed by atoms with Gasteiger partial charge in [-0.2, -0.15) is 0 Å². The molecule has 0 aliphatic carbocycles. The molecule has 2 aromatic rings.